The molecular weight excluding hydrogens is 262 g/mol. The zero-order valence-electron chi connectivity index (χ0n) is 10.7. The van der Waals surface area contributed by atoms with Crippen LogP contribution in [0.4, 0.5) is 5.69 Å². The zero-order valence-corrected chi connectivity index (χ0v) is 11.5. The molecule has 102 valence electrons. The molecule has 2 aliphatic rings. The molecule has 0 aromatic heterocycles. The molecule has 2 atom stereocenters. The lowest BCUT2D eigenvalue weighted by Gasteiger charge is -2.24. The normalized spacial score (nSPS) is 26.3. The van der Waals surface area contributed by atoms with Crippen molar-refractivity contribution in [3.05, 3.63) is 28.8 Å². The van der Waals surface area contributed by atoms with Crippen LogP contribution in [0.25, 0.3) is 0 Å². The van der Waals surface area contributed by atoms with Crippen LogP contribution < -0.4 is 16.0 Å². The molecule has 19 heavy (non-hydrogen) atoms. The fraction of sp³-hybridized carbons (Fsp3) is 0.500. The van der Waals surface area contributed by atoms with Crippen molar-refractivity contribution in [2.75, 3.05) is 24.5 Å². The first-order chi connectivity index (χ1) is 9.15. The lowest BCUT2D eigenvalue weighted by molar-refractivity contribution is 0.100. The van der Waals surface area contributed by atoms with E-state index in [-0.39, 0.29) is 0 Å². The number of hydrogen-bond donors (Lipinski definition) is 2. The minimum Gasteiger partial charge on any atom is -0.368 e. The maximum atomic E-state index is 11.1. The van der Waals surface area contributed by atoms with Gasteiger partial charge >= 0.3 is 0 Å². The van der Waals surface area contributed by atoms with Gasteiger partial charge in [-0.15, -0.1) is 0 Å². The Morgan fingerprint density at radius 1 is 1.42 bits per heavy atom. The van der Waals surface area contributed by atoms with Gasteiger partial charge in [0.05, 0.1) is 10.7 Å². The van der Waals surface area contributed by atoms with Crippen LogP contribution in [0, 0.1) is 5.92 Å². The first kappa shape index (κ1) is 12.8. The highest BCUT2D eigenvalue weighted by atomic mass is 35.5. The highest BCUT2D eigenvalue weighted by Gasteiger charge is 2.34. The first-order valence-corrected chi connectivity index (χ1v) is 7.10. The van der Waals surface area contributed by atoms with E-state index < -0.39 is 5.91 Å². The van der Waals surface area contributed by atoms with E-state index in [1.54, 1.807) is 12.1 Å². The quantitative estimate of drug-likeness (QED) is 0.865. The van der Waals surface area contributed by atoms with Gasteiger partial charge in [0.25, 0.3) is 0 Å². The van der Waals surface area contributed by atoms with E-state index >= 15 is 0 Å². The molecule has 0 spiro atoms. The number of carbonyl (C=O) groups excluding carboxylic acids is 1. The van der Waals surface area contributed by atoms with E-state index in [2.05, 4.69) is 10.2 Å². The summed E-state index contributed by atoms with van der Waals surface area (Å²) >= 11 is 6.28. The zero-order chi connectivity index (χ0) is 13.4. The number of rotatable bonds is 2. The summed E-state index contributed by atoms with van der Waals surface area (Å²) in [4.78, 5) is 13.4. The summed E-state index contributed by atoms with van der Waals surface area (Å²) in [5, 5.41) is 4.18. The summed E-state index contributed by atoms with van der Waals surface area (Å²) in [7, 11) is 0. The number of piperidine rings is 1. The first-order valence-electron chi connectivity index (χ1n) is 6.73. The number of amides is 1. The van der Waals surface area contributed by atoms with Gasteiger partial charge in [0.1, 0.15) is 0 Å². The Morgan fingerprint density at radius 3 is 2.95 bits per heavy atom. The van der Waals surface area contributed by atoms with Crippen molar-refractivity contribution < 1.29 is 4.79 Å². The van der Waals surface area contributed by atoms with Crippen LogP contribution in [-0.2, 0) is 0 Å². The molecule has 1 aromatic rings. The van der Waals surface area contributed by atoms with Gasteiger partial charge in [-0.3, -0.25) is 4.79 Å². The summed E-state index contributed by atoms with van der Waals surface area (Å²) in [6.07, 6.45) is 2.54. The molecule has 5 heteroatoms. The number of nitrogens with one attached hydrogen (secondary N) is 1. The van der Waals surface area contributed by atoms with Crippen LogP contribution in [0.5, 0.6) is 0 Å². The van der Waals surface area contributed by atoms with Gasteiger partial charge in [-0.1, -0.05) is 11.6 Å². The minimum atomic E-state index is -0.440. The van der Waals surface area contributed by atoms with Gasteiger partial charge in [-0.05, 0) is 43.5 Å². The second-order valence-corrected chi connectivity index (χ2v) is 5.81. The van der Waals surface area contributed by atoms with Crippen molar-refractivity contribution in [2.45, 2.75) is 18.9 Å². The average molecular weight is 280 g/mol. The molecule has 2 aliphatic heterocycles. The van der Waals surface area contributed by atoms with Gasteiger partial charge in [0, 0.05) is 24.7 Å². The van der Waals surface area contributed by atoms with Crippen molar-refractivity contribution in [2.24, 2.45) is 11.7 Å². The summed E-state index contributed by atoms with van der Waals surface area (Å²) in [5.74, 6) is 0.269. The molecule has 4 nitrogen and oxygen atoms in total. The minimum absolute atomic E-state index is 0.440. The molecule has 0 aliphatic carbocycles. The summed E-state index contributed by atoms with van der Waals surface area (Å²) in [6, 6.07) is 5.88. The molecule has 0 bridgehead atoms. The Bertz CT molecular complexity index is 491. The largest absolute Gasteiger partial charge is 0.368 e. The van der Waals surface area contributed by atoms with E-state index in [1.165, 1.54) is 12.8 Å². The Morgan fingerprint density at radius 2 is 2.26 bits per heavy atom. The number of primary amides is 1. The molecule has 2 heterocycles. The van der Waals surface area contributed by atoms with E-state index in [1.807, 2.05) is 6.07 Å². The van der Waals surface area contributed by atoms with E-state index in [0.29, 0.717) is 22.5 Å². The SMILES string of the molecule is NC(=O)c1ccc(N2CC3CCCNC3C2)c(Cl)c1. The van der Waals surface area contributed by atoms with Crippen molar-refractivity contribution in [3.63, 3.8) is 0 Å². The molecular formula is C14H18ClN3O. The smallest absolute Gasteiger partial charge is 0.248 e. The van der Waals surface area contributed by atoms with Crippen molar-refractivity contribution in [1.82, 2.24) is 5.32 Å². The standard InChI is InChI=1S/C14H18ClN3O/c15-11-6-9(14(16)19)3-4-13(11)18-7-10-2-1-5-17-12(10)8-18/h3-4,6,10,12,17H,1-2,5,7-8H2,(H2,16,19). The van der Waals surface area contributed by atoms with Gasteiger partial charge < -0.3 is 16.0 Å². The number of anilines is 1. The van der Waals surface area contributed by atoms with Crippen LogP contribution in [0.15, 0.2) is 18.2 Å². The monoisotopic (exact) mass is 279 g/mol. The molecule has 1 amide bonds. The molecule has 3 rings (SSSR count). The van der Waals surface area contributed by atoms with Crippen LogP contribution in [0.2, 0.25) is 5.02 Å². The van der Waals surface area contributed by atoms with Crippen LogP contribution >= 0.6 is 11.6 Å². The van der Waals surface area contributed by atoms with E-state index in [9.17, 15) is 4.79 Å². The number of carbonyl (C=O) groups is 1. The number of fused-ring (bicyclic) bond motifs is 1. The fourth-order valence-corrected chi connectivity index (χ4v) is 3.46. The van der Waals surface area contributed by atoms with Crippen LogP contribution in [0.3, 0.4) is 0 Å². The van der Waals surface area contributed by atoms with E-state index in [4.69, 9.17) is 17.3 Å². The molecule has 3 N–H and O–H groups in total. The highest BCUT2D eigenvalue weighted by molar-refractivity contribution is 6.33. The summed E-state index contributed by atoms with van der Waals surface area (Å²) < 4.78 is 0. The number of halogens is 1. The topological polar surface area (TPSA) is 58.4 Å². The van der Waals surface area contributed by atoms with Crippen molar-refractivity contribution >= 4 is 23.2 Å². The maximum Gasteiger partial charge on any atom is 0.248 e. The third kappa shape index (κ3) is 2.42. The fourth-order valence-electron chi connectivity index (χ4n) is 3.16. The predicted molar refractivity (Wildman–Crippen MR) is 76.7 cm³/mol. The summed E-state index contributed by atoms with van der Waals surface area (Å²) in [5.41, 5.74) is 6.72. The molecule has 2 saturated heterocycles. The third-order valence-corrected chi connectivity index (χ3v) is 4.47. The number of nitrogens with two attached hydrogens (primary N) is 1. The average Bonchev–Trinajstić information content (AvgIpc) is 2.81. The molecule has 0 radical (unpaired) electrons. The van der Waals surface area contributed by atoms with Crippen molar-refractivity contribution in [3.8, 4) is 0 Å². The predicted octanol–water partition coefficient (Wildman–Crippen LogP) is 1.63. The van der Waals surface area contributed by atoms with Crippen LogP contribution in [-0.4, -0.2) is 31.6 Å². The van der Waals surface area contributed by atoms with Gasteiger partial charge in [0.2, 0.25) is 5.91 Å². The third-order valence-electron chi connectivity index (χ3n) is 4.17. The van der Waals surface area contributed by atoms with Crippen LogP contribution in [0.1, 0.15) is 23.2 Å². The van der Waals surface area contributed by atoms with Gasteiger partial charge in [-0.25, -0.2) is 0 Å². The Kier molecular flexibility index (Phi) is 3.37. The van der Waals surface area contributed by atoms with Gasteiger partial charge in [0.15, 0.2) is 0 Å². The number of nitrogens with zero attached hydrogens (tertiary/aromatic N) is 1. The van der Waals surface area contributed by atoms with E-state index in [0.717, 1.165) is 25.3 Å². The lowest BCUT2D eigenvalue weighted by atomic mass is 9.94. The Hall–Kier alpha value is -1.26. The second-order valence-electron chi connectivity index (χ2n) is 5.40. The molecule has 2 unspecified atom stereocenters. The molecule has 1 aromatic carbocycles. The second kappa shape index (κ2) is 5.02. The van der Waals surface area contributed by atoms with Crippen molar-refractivity contribution in [1.29, 1.82) is 0 Å². The highest BCUT2D eigenvalue weighted by Crippen LogP contribution is 2.33. The number of hydrogen-bond acceptors (Lipinski definition) is 3. The summed E-state index contributed by atoms with van der Waals surface area (Å²) in [6.45, 7) is 3.14. The Balaban J connectivity index is 1.81. The maximum absolute atomic E-state index is 11.1. The molecule has 2 fully saturated rings. The lowest BCUT2D eigenvalue weighted by Crippen LogP contribution is -2.40. The van der Waals surface area contributed by atoms with Gasteiger partial charge in [-0.2, -0.15) is 0 Å². The number of benzene rings is 1. The Labute approximate surface area is 117 Å². The molecule has 0 saturated carbocycles.